The number of anilines is 1. The monoisotopic (exact) mass is 444 g/mol. The summed E-state index contributed by atoms with van der Waals surface area (Å²) in [5, 5.41) is 6.17. The second kappa shape index (κ2) is 8.39. The molecule has 32 heavy (non-hydrogen) atoms. The fraction of sp³-hybridized carbons (Fsp3) is 0.167. The maximum Gasteiger partial charge on any atom is 0.262 e. The van der Waals surface area contributed by atoms with Gasteiger partial charge in [0, 0.05) is 22.2 Å². The van der Waals surface area contributed by atoms with Crippen LogP contribution in [-0.2, 0) is 11.3 Å². The van der Waals surface area contributed by atoms with E-state index in [4.69, 9.17) is 0 Å². The average Bonchev–Trinajstić information content (AvgIpc) is 3.51. The summed E-state index contributed by atoms with van der Waals surface area (Å²) >= 11 is 1.44. The van der Waals surface area contributed by atoms with Crippen LogP contribution in [0, 0.1) is 0 Å². The third-order valence-electron chi connectivity index (χ3n) is 5.21. The molecular weight excluding hydrogens is 424 g/mol. The van der Waals surface area contributed by atoms with Gasteiger partial charge < -0.3 is 10.6 Å². The van der Waals surface area contributed by atoms with E-state index in [1.165, 1.54) is 22.2 Å². The molecule has 0 radical (unpaired) electrons. The van der Waals surface area contributed by atoms with Gasteiger partial charge in [0.15, 0.2) is 0 Å². The molecular formula is C24H20N4O3S. The van der Waals surface area contributed by atoms with Crippen molar-refractivity contribution in [3.05, 3.63) is 82.9 Å². The Bertz CT molecular complexity index is 1370. The van der Waals surface area contributed by atoms with E-state index in [1.807, 2.05) is 36.4 Å². The van der Waals surface area contributed by atoms with E-state index >= 15 is 0 Å². The number of rotatable bonds is 6. The Morgan fingerprint density at radius 2 is 1.88 bits per heavy atom. The van der Waals surface area contributed by atoms with Crippen molar-refractivity contribution in [1.29, 1.82) is 0 Å². The third-order valence-corrected chi connectivity index (χ3v) is 6.30. The highest BCUT2D eigenvalue weighted by Gasteiger charge is 2.23. The van der Waals surface area contributed by atoms with Gasteiger partial charge in [0.2, 0.25) is 5.91 Å². The molecule has 0 aliphatic heterocycles. The molecule has 7 nitrogen and oxygen atoms in total. The summed E-state index contributed by atoms with van der Waals surface area (Å²) in [6.45, 7) is -0.170. The SMILES string of the molecule is O=C(Cn1cnc2sc(-c3ccccc3)cc2c1=O)Nc1cccc(C(=O)NC2CC2)c1. The summed E-state index contributed by atoms with van der Waals surface area (Å²) in [6, 6.07) is 18.6. The molecule has 2 heterocycles. The molecule has 1 fully saturated rings. The Kier molecular flexibility index (Phi) is 5.28. The number of amides is 2. The first-order valence-electron chi connectivity index (χ1n) is 10.3. The average molecular weight is 445 g/mol. The number of carbonyl (C=O) groups is 2. The van der Waals surface area contributed by atoms with Gasteiger partial charge in [-0.1, -0.05) is 36.4 Å². The standard InChI is InChI=1S/C24H20N4O3S/c29-21(26-18-8-4-7-16(11-18)22(30)27-17-9-10-17)13-28-14-25-23-19(24(28)31)12-20(32-23)15-5-2-1-3-6-15/h1-8,11-12,14,17H,9-10,13H2,(H,26,29)(H,27,30). The first-order chi connectivity index (χ1) is 15.6. The minimum Gasteiger partial charge on any atom is -0.349 e. The lowest BCUT2D eigenvalue weighted by atomic mass is 10.2. The van der Waals surface area contributed by atoms with E-state index in [1.54, 1.807) is 24.3 Å². The number of hydrogen-bond acceptors (Lipinski definition) is 5. The van der Waals surface area contributed by atoms with Gasteiger partial charge in [-0.2, -0.15) is 0 Å². The summed E-state index contributed by atoms with van der Waals surface area (Å²) in [7, 11) is 0. The van der Waals surface area contributed by atoms with Crippen LogP contribution in [-0.4, -0.2) is 27.4 Å². The second-order valence-corrected chi connectivity index (χ2v) is 8.78. The Balaban J connectivity index is 1.32. The molecule has 8 heteroatoms. The highest BCUT2D eigenvalue weighted by Crippen LogP contribution is 2.30. The van der Waals surface area contributed by atoms with Gasteiger partial charge in [0.05, 0.1) is 11.7 Å². The summed E-state index contributed by atoms with van der Waals surface area (Å²) < 4.78 is 1.29. The number of hydrogen-bond donors (Lipinski definition) is 2. The summed E-state index contributed by atoms with van der Waals surface area (Å²) in [5.74, 6) is -0.521. The maximum absolute atomic E-state index is 12.9. The van der Waals surface area contributed by atoms with Crippen molar-refractivity contribution >= 4 is 39.1 Å². The summed E-state index contributed by atoms with van der Waals surface area (Å²) in [5.41, 5.74) is 1.75. The Morgan fingerprint density at radius 3 is 2.66 bits per heavy atom. The van der Waals surface area contributed by atoms with Gasteiger partial charge in [-0.25, -0.2) is 4.98 Å². The fourth-order valence-electron chi connectivity index (χ4n) is 3.41. The molecule has 2 amide bonds. The number of benzene rings is 2. The number of thiophene rings is 1. The Morgan fingerprint density at radius 1 is 1.06 bits per heavy atom. The highest BCUT2D eigenvalue weighted by atomic mass is 32.1. The molecule has 2 aromatic carbocycles. The van der Waals surface area contributed by atoms with Gasteiger partial charge in [0.25, 0.3) is 11.5 Å². The molecule has 0 saturated heterocycles. The van der Waals surface area contributed by atoms with E-state index in [2.05, 4.69) is 15.6 Å². The predicted molar refractivity (Wildman–Crippen MR) is 125 cm³/mol. The zero-order valence-corrected chi connectivity index (χ0v) is 17.9. The quantitative estimate of drug-likeness (QED) is 0.475. The van der Waals surface area contributed by atoms with Crippen LogP contribution in [0.5, 0.6) is 0 Å². The van der Waals surface area contributed by atoms with Crippen LogP contribution in [0.25, 0.3) is 20.7 Å². The molecule has 4 aromatic rings. The van der Waals surface area contributed by atoms with Crippen molar-refractivity contribution in [2.75, 3.05) is 5.32 Å². The molecule has 1 saturated carbocycles. The third kappa shape index (κ3) is 4.31. The van der Waals surface area contributed by atoms with Crippen LogP contribution in [0.3, 0.4) is 0 Å². The predicted octanol–water partition coefficient (Wildman–Crippen LogP) is 3.66. The minimum atomic E-state index is -0.369. The van der Waals surface area contributed by atoms with Crippen LogP contribution >= 0.6 is 11.3 Å². The van der Waals surface area contributed by atoms with E-state index < -0.39 is 0 Å². The number of fused-ring (bicyclic) bond motifs is 1. The number of carbonyl (C=O) groups excluding carboxylic acids is 2. The molecule has 1 aliphatic carbocycles. The van der Waals surface area contributed by atoms with Crippen LogP contribution in [0.1, 0.15) is 23.2 Å². The molecule has 0 spiro atoms. The molecule has 160 valence electrons. The number of aromatic nitrogens is 2. The lowest BCUT2D eigenvalue weighted by Crippen LogP contribution is -2.28. The molecule has 2 aromatic heterocycles. The van der Waals surface area contributed by atoms with Crippen LogP contribution in [0.2, 0.25) is 0 Å². The van der Waals surface area contributed by atoms with Gasteiger partial charge in [0.1, 0.15) is 11.4 Å². The normalized spacial score (nSPS) is 13.1. The van der Waals surface area contributed by atoms with E-state index in [0.29, 0.717) is 21.5 Å². The molecule has 1 aliphatic rings. The largest absolute Gasteiger partial charge is 0.349 e. The van der Waals surface area contributed by atoms with Crippen molar-refractivity contribution < 1.29 is 9.59 Å². The van der Waals surface area contributed by atoms with Gasteiger partial charge in [-0.3, -0.25) is 19.0 Å². The lowest BCUT2D eigenvalue weighted by molar-refractivity contribution is -0.116. The van der Waals surface area contributed by atoms with Crippen LogP contribution in [0.4, 0.5) is 5.69 Å². The van der Waals surface area contributed by atoms with E-state index in [-0.39, 0.29) is 30.0 Å². The van der Waals surface area contributed by atoms with E-state index in [0.717, 1.165) is 23.3 Å². The zero-order chi connectivity index (χ0) is 22.1. The van der Waals surface area contributed by atoms with Crippen molar-refractivity contribution in [3.63, 3.8) is 0 Å². The maximum atomic E-state index is 12.9. The van der Waals surface area contributed by atoms with Gasteiger partial charge in [-0.15, -0.1) is 11.3 Å². The smallest absolute Gasteiger partial charge is 0.262 e. The highest BCUT2D eigenvalue weighted by molar-refractivity contribution is 7.21. The van der Waals surface area contributed by atoms with Gasteiger partial charge >= 0.3 is 0 Å². The fourth-order valence-corrected chi connectivity index (χ4v) is 4.40. The lowest BCUT2D eigenvalue weighted by Gasteiger charge is -2.09. The van der Waals surface area contributed by atoms with Crippen molar-refractivity contribution in [1.82, 2.24) is 14.9 Å². The molecule has 5 rings (SSSR count). The van der Waals surface area contributed by atoms with Crippen molar-refractivity contribution in [2.45, 2.75) is 25.4 Å². The van der Waals surface area contributed by atoms with Crippen LogP contribution in [0.15, 0.2) is 71.8 Å². The molecule has 2 N–H and O–H groups in total. The first kappa shape index (κ1) is 20.1. The summed E-state index contributed by atoms with van der Waals surface area (Å²) in [4.78, 5) is 43.7. The van der Waals surface area contributed by atoms with E-state index in [9.17, 15) is 14.4 Å². The number of nitrogens with zero attached hydrogens (tertiary/aromatic N) is 2. The minimum absolute atomic E-state index is 0.152. The van der Waals surface area contributed by atoms with Crippen molar-refractivity contribution in [3.8, 4) is 10.4 Å². The molecule has 0 unspecified atom stereocenters. The zero-order valence-electron chi connectivity index (χ0n) is 17.1. The van der Waals surface area contributed by atoms with Crippen LogP contribution < -0.4 is 16.2 Å². The Hall–Kier alpha value is -3.78. The first-order valence-corrected chi connectivity index (χ1v) is 11.1. The Labute approximate surface area is 187 Å². The topological polar surface area (TPSA) is 93.1 Å². The molecule has 0 bridgehead atoms. The second-order valence-electron chi connectivity index (χ2n) is 7.75. The number of nitrogens with one attached hydrogen (secondary N) is 2. The summed E-state index contributed by atoms with van der Waals surface area (Å²) in [6.07, 6.45) is 3.41. The van der Waals surface area contributed by atoms with Gasteiger partial charge in [-0.05, 0) is 42.7 Å². The van der Waals surface area contributed by atoms with Crippen molar-refractivity contribution in [2.24, 2.45) is 0 Å². The molecule has 0 atom stereocenters.